The van der Waals surface area contributed by atoms with E-state index in [0.717, 1.165) is 18.5 Å². The van der Waals surface area contributed by atoms with Crippen LogP contribution in [0.5, 0.6) is 0 Å². The van der Waals surface area contributed by atoms with Crippen molar-refractivity contribution in [3.8, 4) is 0 Å². The Labute approximate surface area is 204 Å². The van der Waals surface area contributed by atoms with Crippen molar-refractivity contribution in [1.82, 2.24) is 14.7 Å². The van der Waals surface area contributed by atoms with Crippen LogP contribution in [0, 0.1) is 3.57 Å². The number of rotatable bonds is 3. The molecule has 32 heavy (non-hydrogen) atoms. The maximum atomic E-state index is 13.0. The molecule has 2 saturated heterocycles. The largest absolute Gasteiger partial charge is 0.390 e. The maximum absolute atomic E-state index is 13.0. The number of nitrogens with zero attached hydrogens (tertiary/aromatic N) is 3. The molecule has 166 valence electrons. The van der Waals surface area contributed by atoms with E-state index in [1.165, 1.54) is 11.3 Å². The Balaban J connectivity index is 1.20. The Hall–Kier alpha value is -2.01. The van der Waals surface area contributed by atoms with Crippen molar-refractivity contribution in [2.45, 2.75) is 12.1 Å². The Morgan fingerprint density at radius 1 is 0.906 bits per heavy atom. The first-order valence-electron chi connectivity index (χ1n) is 10.7. The van der Waals surface area contributed by atoms with E-state index < -0.39 is 6.10 Å². The van der Waals surface area contributed by atoms with E-state index in [9.17, 15) is 14.7 Å². The van der Waals surface area contributed by atoms with E-state index in [2.05, 4.69) is 27.5 Å². The summed E-state index contributed by atoms with van der Waals surface area (Å²) in [7, 11) is 0. The summed E-state index contributed by atoms with van der Waals surface area (Å²) < 4.78 is 2.21. The molecule has 2 atom stereocenters. The zero-order valence-electron chi connectivity index (χ0n) is 17.5. The van der Waals surface area contributed by atoms with E-state index in [-0.39, 0.29) is 17.9 Å². The number of amides is 2. The predicted molar refractivity (Wildman–Crippen MR) is 134 cm³/mol. The highest BCUT2D eigenvalue weighted by atomic mass is 127. The summed E-state index contributed by atoms with van der Waals surface area (Å²) in [5, 5.41) is 11.8. The third kappa shape index (κ3) is 4.28. The van der Waals surface area contributed by atoms with Gasteiger partial charge in [0.2, 0.25) is 0 Å². The third-order valence-electron chi connectivity index (χ3n) is 6.34. The molecule has 0 aliphatic carbocycles. The molecule has 2 amide bonds. The highest BCUT2D eigenvalue weighted by Crippen LogP contribution is 2.27. The van der Waals surface area contributed by atoms with E-state index in [1.807, 2.05) is 59.5 Å². The van der Waals surface area contributed by atoms with Crippen LogP contribution in [0.15, 0.2) is 54.6 Å². The zero-order chi connectivity index (χ0) is 22.2. The maximum Gasteiger partial charge on any atom is 0.264 e. The lowest BCUT2D eigenvalue weighted by molar-refractivity contribution is 0.0379. The Morgan fingerprint density at radius 3 is 2.34 bits per heavy atom. The Kier molecular flexibility index (Phi) is 6.20. The lowest BCUT2D eigenvalue weighted by atomic mass is 10.1. The first-order valence-corrected chi connectivity index (χ1v) is 12.6. The number of aliphatic hydroxyl groups excluding tert-OH is 1. The van der Waals surface area contributed by atoms with Crippen molar-refractivity contribution in [3.05, 3.63) is 68.6 Å². The van der Waals surface area contributed by atoms with Gasteiger partial charge in [0, 0.05) is 53.1 Å². The molecule has 6 nitrogen and oxygen atoms in total. The first kappa shape index (κ1) is 21.8. The minimum Gasteiger partial charge on any atom is -0.390 e. The molecule has 0 bridgehead atoms. The number of aliphatic hydroxyl groups is 1. The fraction of sp³-hybridized carbons (Fsp3) is 0.333. The van der Waals surface area contributed by atoms with Gasteiger partial charge in [-0.15, -0.1) is 11.3 Å². The van der Waals surface area contributed by atoms with Crippen LogP contribution in [-0.2, 0) is 0 Å². The summed E-state index contributed by atoms with van der Waals surface area (Å²) in [4.78, 5) is 32.5. The lowest BCUT2D eigenvalue weighted by Gasteiger charge is -2.38. The van der Waals surface area contributed by atoms with Crippen LogP contribution in [0.25, 0.3) is 10.1 Å². The van der Waals surface area contributed by atoms with Crippen LogP contribution in [0.1, 0.15) is 20.0 Å². The highest BCUT2D eigenvalue weighted by molar-refractivity contribution is 14.1. The van der Waals surface area contributed by atoms with Crippen LogP contribution < -0.4 is 0 Å². The lowest BCUT2D eigenvalue weighted by Crippen LogP contribution is -2.54. The van der Waals surface area contributed by atoms with Crippen LogP contribution >= 0.6 is 33.9 Å². The van der Waals surface area contributed by atoms with Crippen molar-refractivity contribution in [1.29, 1.82) is 0 Å². The van der Waals surface area contributed by atoms with Crippen LogP contribution in [0.3, 0.4) is 0 Å². The monoisotopic (exact) mass is 561 g/mol. The second-order valence-corrected chi connectivity index (χ2v) is 10.7. The molecule has 0 unspecified atom stereocenters. The molecule has 8 heteroatoms. The van der Waals surface area contributed by atoms with Gasteiger partial charge < -0.3 is 14.9 Å². The molecule has 2 aliphatic rings. The second kappa shape index (κ2) is 9.09. The number of thiophene rings is 1. The minimum absolute atomic E-state index is 0.0403. The van der Waals surface area contributed by atoms with Gasteiger partial charge in [0.05, 0.1) is 17.0 Å². The van der Waals surface area contributed by atoms with Crippen molar-refractivity contribution < 1.29 is 14.7 Å². The number of fused-ring (bicyclic) bond motifs is 1. The van der Waals surface area contributed by atoms with Crippen LogP contribution in [0.2, 0.25) is 0 Å². The standard InChI is InChI=1S/C24H24IN3O3S/c25-18-7-5-16(6-8-18)23(30)28-14-19(20(29)15-28)26-9-11-27(12-10-26)24(31)22-13-17-3-1-2-4-21(17)32-22/h1-8,13,19-20,29H,9-12,14-15H2/t19-,20-/m0/s1. The summed E-state index contributed by atoms with van der Waals surface area (Å²) in [5.74, 6) is 0.0369. The molecular weight excluding hydrogens is 537 g/mol. The average Bonchev–Trinajstić information content (AvgIpc) is 3.42. The fourth-order valence-corrected chi connectivity index (χ4v) is 5.96. The number of benzene rings is 2. The number of halogens is 1. The Morgan fingerprint density at radius 2 is 1.62 bits per heavy atom. The number of hydrogen-bond acceptors (Lipinski definition) is 5. The molecule has 0 radical (unpaired) electrons. The molecule has 2 aromatic carbocycles. The van der Waals surface area contributed by atoms with Gasteiger partial charge in [0.25, 0.3) is 11.8 Å². The van der Waals surface area contributed by atoms with Crippen molar-refractivity contribution >= 4 is 55.8 Å². The predicted octanol–water partition coefficient (Wildman–Crippen LogP) is 3.15. The summed E-state index contributed by atoms with van der Waals surface area (Å²) in [6, 6.07) is 17.4. The van der Waals surface area contributed by atoms with Gasteiger partial charge in [-0.25, -0.2) is 0 Å². The van der Waals surface area contributed by atoms with Gasteiger partial charge in [-0.3, -0.25) is 14.5 Å². The molecule has 1 aromatic heterocycles. The quantitative estimate of drug-likeness (QED) is 0.500. The van der Waals surface area contributed by atoms with Gasteiger partial charge in [0.15, 0.2) is 0 Å². The number of piperazine rings is 1. The molecule has 0 saturated carbocycles. The van der Waals surface area contributed by atoms with Crippen molar-refractivity contribution in [3.63, 3.8) is 0 Å². The molecule has 2 fully saturated rings. The summed E-state index contributed by atoms with van der Waals surface area (Å²) >= 11 is 3.76. The van der Waals surface area contributed by atoms with Crippen LogP contribution in [0.4, 0.5) is 0 Å². The van der Waals surface area contributed by atoms with Gasteiger partial charge in [-0.2, -0.15) is 0 Å². The Bertz CT molecular complexity index is 1110. The number of hydrogen-bond donors (Lipinski definition) is 1. The third-order valence-corrected chi connectivity index (χ3v) is 8.17. The van der Waals surface area contributed by atoms with Gasteiger partial charge in [0.1, 0.15) is 0 Å². The molecule has 0 spiro atoms. The minimum atomic E-state index is -0.576. The SMILES string of the molecule is O=C(c1ccc(I)cc1)N1C[C@H](O)[C@@H](N2CCN(C(=O)c3cc4ccccc4s3)CC2)C1. The van der Waals surface area contributed by atoms with Crippen molar-refractivity contribution in [2.75, 3.05) is 39.3 Å². The molecule has 3 heterocycles. The summed E-state index contributed by atoms with van der Waals surface area (Å²) in [6.45, 7) is 3.50. The summed E-state index contributed by atoms with van der Waals surface area (Å²) in [5.41, 5.74) is 0.650. The van der Waals surface area contributed by atoms with Gasteiger partial charge >= 0.3 is 0 Å². The number of likely N-dealkylation sites (tertiary alicyclic amines) is 1. The highest BCUT2D eigenvalue weighted by Gasteiger charge is 2.39. The smallest absolute Gasteiger partial charge is 0.264 e. The normalized spacial score (nSPS) is 21.9. The fourth-order valence-electron chi connectivity index (χ4n) is 4.57. The van der Waals surface area contributed by atoms with E-state index in [0.29, 0.717) is 44.8 Å². The van der Waals surface area contributed by atoms with Crippen LogP contribution in [-0.4, -0.2) is 83.0 Å². The van der Waals surface area contributed by atoms with E-state index in [4.69, 9.17) is 0 Å². The van der Waals surface area contributed by atoms with E-state index >= 15 is 0 Å². The average molecular weight is 561 g/mol. The number of carbonyl (C=O) groups is 2. The second-order valence-electron chi connectivity index (χ2n) is 8.33. The van der Waals surface area contributed by atoms with E-state index in [1.54, 1.807) is 4.90 Å². The summed E-state index contributed by atoms with van der Waals surface area (Å²) in [6.07, 6.45) is -0.576. The van der Waals surface area contributed by atoms with Gasteiger partial charge in [-0.1, -0.05) is 18.2 Å². The van der Waals surface area contributed by atoms with Crippen molar-refractivity contribution in [2.24, 2.45) is 0 Å². The number of carbonyl (C=O) groups excluding carboxylic acids is 2. The number of β-amino-alcohol motifs (C(OH)–C–C–N with tert-alkyl or cyclic N) is 1. The van der Waals surface area contributed by atoms with Gasteiger partial charge in [-0.05, 0) is 64.4 Å². The molecule has 2 aliphatic heterocycles. The molecule has 5 rings (SSSR count). The zero-order valence-corrected chi connectivity index (χ0v) is 20.5. The molecule has 1 N–H and O–H groups in total. The first-order chi connectivity index (χ1) is 15.5. The molecular formula is C24H24IN3O3S. The molecule has 3 aromatic rings. The topological polar surface area (TPSA) is 64.1 Å².